The third-order valence-corrected chi connectivity index (χ3v) is 5.30. The van der Waals surface area contributed by atoms with Gasteiger partial charge in [-0.2, -0.15) is 0 Å². The van der Waals surface area contributed by atoms with E-state index in [1.165, 1.54) is 24.6 Å². The predicted octanol–water partition coefficient (Wildman–Crippen LogP) is 3.11. The fourth-order valence-electron chi connectivity index (χ4n) is 2.25. The van der Waals surface area contributed by atoms with Crippen molar-refractivity contribution in [3.05, 3.63) is 22.4 Å². The van der Waals surface area contributed by atoms with E-state index in [1.54, 1.807) is 22.7 Å². The number of carbonyl (C=O) groups is 1. The van der Waals surface area contributed by atoms with Crippen molar-refractivity contribution in [2.45, 2.75) is 26.3 Å². The number of carbonyl (C=O) groups excluding carboxylic acids is 1. The summed E-state index contributed by atoms with van der Waals surface area (Å²) < 4.78 is 0. The quantitative estimate of drug-likeness (QED) is 0.944. The molecule has 0 unspecified atom stereocenters. The lowest BCUT2D eigenvalue weighted by molar-refractivity contribution is -0.119. The van der Waals surface area contributed by atoms with E-state index in [2.05, 4.69) is 27.7 Å². The van der Waals surface area contributed by atoms with Gasteiger partial charge >= 0.3 is 0 Å². The van der Waals surface area contributed by atoms with Crippen LogP contribution in [0.2, 0.25) is 0 Å². The van der Waals surface area contributed by atoms with Crippen LogP contribution in [-0.4, -0.2) is 24.0 Å². The fraction of sp³-hybridized carbons (Fsp3) is 0.429. The molecule has 1 aliphatic heterocycles. The zero-order valence-electron chi connectivity index (χ0n) is 11.4. The van der Waals surface area contributed by atoms with E-state index in [9.17, 15) is 4.79 Å². The Morgan fingerprint density at radius 3 is 2.95 bits per heavy atom. The van der Waals surface area contributed by atoms with E-state index in [0.717, 1.165) is 28.8 Å². The Morgan fingerprint density at radius 2 is 2.20 bits per heavy atom. The maximum Gasteiger partial charge on any atom is 0.217 e. The third-order valence-electron chi connectivity index (χ3n) is 3.29. The van der Waals surface area contributed by atoms with Crippen molar-refractivity contribution in [2.24, 2.45) is 0 Å². The minimum absolute atomic E-state index is 0.00456. The molecule has 1 saturated heterocycles. The average Bonchev–Trinajstić information content (AvgIpc) is 3.15. The minimum Gasteiger partial charge on any atom is -0.351 e. The van der Waals surface area contributed by atoms with Gasteiger partial charge in [0.05, 0.1) is 17.1 Å². The molecule has 1 fully saturated rings. The molecule has 0 aliphatic carbocycles. The molecule has 0 bridgehead atoms. The molecule has 2 aromatic rings. The molecule has 0 radical (unpaired) electrons. The second kappa shape index (κ2) is 5.93. The number of aromatic nitrogens is 1. The Balaban J connectivity index is 1.71. The fourth-order valence-corrected chi connectivity index (χ4v) is 4.12. The summed E-state index contributed by atoms with van der Waals surface area (Å²) in [5.74, 6) is 0.00456. The van der Waals surface area contributed by atoms with Gasteiger partial charge in [-0.3, -0.25) is 4.79 Å². The number of nitrogens with one attached hydrogen (secondary N) is 1. The van der Waals surface area contributed by atoms with Gasteiger partial charge in [-0.1, -0.05) is 0 Å². The smallest absolute Gasteiger partial charge is 0.217 e. The third kappa shape index (κ3) is 3.02. The zero-order chi connectivity index (χ0) is 13.9. The van der Waals surface area contributed by atoms with Crippen molar-refractivity contribution in [1.29, 1.82) is 0 Å². The first kappa shape index (κ1) is 13.6. The van der Waals surface area contributed by atoms with Crippen molar-refractivity contribution in [3.63, 3.8) is 0 Å². The number of nitrogens with zero attached hydrogens (tertiary/aromatic N) is 2. The van der Waals surface area contributed by atoms with Crippen LogP contribution in [0.15, 0.2) is 17.5 Å². The molecule has 2 aromatic heterocycles. The number of amides is 1. The summed E-state index contributed by atoms with van der Waals surface area (Å²) in [5.41, 5.74) is 1.05. The van der Waals surface area contributed by atoms with Crippen molar-refractivity contribution >= 4 is 33.7 Å². The summed E-state index contributed by atoms with van der Waals surface area (Å²) in [6, 6.07) is 4.15. The summed E-state index contributed by atoms with van der Waals surface area (Å²) in [6.07, 6.45) is 2.55. The number of anilines is 1. The lowest BCUT2D eigenvalue weighted by Crippen LogP contribution is -2.17. The van der Waals surface area contributed by atoms with Crippen LogP contribution in [0.5, 0.6) is 0 Å². The first-order valence-electron chi connectivity index (χ1n) is 6.76. The molecule has 0 atom stereocenters. The molecule has 3 rings (SSSR count). The zero-order valence-corrected chi connectivity index (χ0v) is 13.0. The SMILES string of the molecule is CC(=O)NCc1ccc(-c2csc(N3CCCC3)n2)s1. The second-order valence-corrected chi connectivity index (χ2v) is 6.89. The summed E-state index contributed by atoms with van der Waals surface area (Å²) in [4.78, 5) is 20.4. The number of thiophene rings is 1. The maximum atomic E-state index is 10.9. The molecular formula is C14H17N3OS2. The van der Waals surface area contributed by atoms with E-state index in [-0.39, 0.29) is 5.91 Å². The van der Waals surface area contributed by atoms with Crippen LogP contribution in [0.25, 0.3) is 10.6 Å². The normalized spacial score (nSPS) is 14.8. The van der Waals surface area contributed by atoms with Crippen molar-refractivity contribution in [1.82, 2.24) is 10.3 Å². The van der Waals surface area contributed by atoms with Crippen LogP contribution >= 0.6 is 22.7 Å². The van der Waals surface area contributed by atoms with Gasteiger partial charge in [0.15, 0.2) is 5.13 Å². The lowest BCUT2D eigenvalue weighted by atomic mass is 10.3. The molecular weight excluding hydrogens is 290 g/mol. The summed E-state index contributed by atoms with van der Waals surface area (Å²) in [7, 11) is 0. The van der Waals surface area contributed by atoms with Crippen LogP contribution in [0, 0.1) is 0 Å². The Labute approximate surface area is 126 Å². The molecule has 1 N–H and O–H groups in total. The van der Waals surface area contributed by atoms with Gasteiger partial charge in [0.2, 0.25) is 5.91 Å². The minimum atomic E-state index is 0.00456. The highest BCUT2D eigenvalue weighted by Gasteiger charge is 2.16. The first-order valence-corrected chi connectivity index (χ1v) is 8.46. The van der Waals surface area contributed by atoms with Gasteiger partial charge in [-0.15, -0.1) is 22.7 Å². The second-order valence-electron chi connectivity index (χ2n) is 4.89. The van der Waals surface area contributed by atoms with E-state index in [1.807, 2.05) is 0 Å². The number of hydrogen-bond donors (Lipinski definition) is 1. The topological polar surface area (TPSA) is 45.2 Å². The van der Waals surface area contributed by atoms with Gasteiger partial charge < -0.3 is 10.2 Å². The summed E-state index contributed by atoms with van der Waals surface area (Å²) >= 11 is 3.42. The lowest BCUT2D eigenvalue weighted by Gasteiger charge is -2.12. The van der Waals surface area contributed by atoms with E-state index in [4.69, 9.17) is 4.98 Å². The Bertz CT molecular complexity index is 599. The standard InChI is InChI=1S/C14H17N3OS2/c1-10(18)15-8-11-4-5-13(20-11)12-9-19-14(16-12)17-6-2-3-7-17/h4-5,9H,2-3,6-8H2,1H3,(H,15,18). The van der Waals surface area contributed by atoms with Crippen molar-refractivity contribution in [2.75, 3.05) is 18.0 Å². The highest BCUT2D eigenvalue weighted by atomic mass is 32.1. The molecule has 1 amide bonds. The van der Waals surface area contributed by atoms with E-state index >= 15 is 0 Å². The Hall–Kier alpha value is -1.40. The molecule has 106 valence electrons. The van der Waals surface area contributed by atoms with E-state index in [0.29, 0.717) is 6.54 Å². The van der Waals surface area contributed by atoms with Crippen LogP contribution in [0.4, 0.5) is 5.13 Å². The monoisotopic (exact) mass is 307 g/mol. The van der Waals surface area contributed by atoms with Crippen LogP contribution < -0.4 is 10.2 Å². The largest absolute Gasteiger partial charge is 0.351 e. The number of thiazole rings is 1. The molecule has 0 aromatic carbocycles. The average molecular weight is 307 g/mol. The molecule has 3 heterocycles. The molecule has 6 heteroatoms. The Kier molecular flexibility index (Phi) is 4.03. The van der Waals surface area contributed by atoms with Gasteiger partial charge in [-0.05, 0) is 25.0 Å². The number of hydrogen-bond acceptors (Lipinski definition) is 5. The molecule has 4 nitrogen and oxygen atoms in total. The maximum absolute atomic E-state index is 10.9. The summed E-state index contributed by atoms with van der Waals surface area (Å²) in [5, 5.41) is 6.08. The predicted molar refractivity (Wildman–Crippen MR) is 84.4 cm³/mol. The molecule has 20 heavy (non-hydrogen) atoms. The van der Waals surface area contributed by atoms with E-state index < -0.39 is 0 Å². The van der Waals surface area contributed by atoms with Gasteiger partial charge in [0.1, 0.15) is 0 Å². The Morgan fingerprint density at radius 1 is 1.40 bits per heavy atom. The molecule has 0 spiro atoms. The van der Waals surface area contributed by atoms with Crippen molar-refractivity contribution < 1.29 is 4.79 Å². The van der Waals surface area contributed by atoms with Gasteiger partial charge in [-0.25, -0.2) is 4.98 Å². The molecule has 1 aliphatic rings. The first-order chi connectivity index (χ1) is 9.72. The van der Waals surface area contributed by atoms with Crippen LogP contribution in [0.3, 0.4) is 0 Å². The van der Waals surface area contributed by atoms with Crippen LogP contribution in [-0.2, 0) is 11.3 Å². The highest BCUT2D eigenvalue weighted by Crippen LogP contribution is 2.33. The van der Waals surface area contributed by atoms with Crippen LogP contribution in [0.1, 0.15) is 24.6 Å². The molecule has 0 saturated carbocycles. The highest BCUT2D eigenvalue weighted by molar-refractivity contribution is 7.17. The van der Waals surface area contributed by atoms with Crippen molar-refractivity contribution in [3.8, 4) is 10.6 Å². The number of rotatable bonds is 4. The summed E-state index contributed by atoms with van der Waals surface area (Å²) in [6.45, 7) is 4.40. The van der Waals surface area contributed by atoms with Gasteiger partial charge in [0, 0.05) is 30.3 Å². The van der Waals surface area contributed by atoms with Gasteiger partial charge in [0.25, 0.3) is 0 Å².